The number of benzene rings is 1. The monoisotopic (exact) mass is 274 g/mol. The lowest BCUT2D eigenvalue weighted by atomic mass is 10.2. The maximum atomic E-state index is 5.81. The maximum absolute atomic E-state index is 5.81. The van der Waals surface area contributed by atoms with Crippen molar-refractivity contribution < 1.29 is 0 Å². The average molecular weight is 274 g/mol. The molecule has 0 radical (unpaired) electrons. The van der Waals surface area contributed by atoms with Gasteiger partial charge in [-0.25, -0.2) is 4.68 Å². The molecule has 108 valence electrons. The zero-order valence-electron chi connectivity index (χ0n) is 12.2. The van der Waals surface area contributed by atoms with Crippen LogP contribution in [0.4, 0.5) is 5.69 Å². The predicted molar refractivity (Wildman–Crippen MR) is 80.1 cm³/mol. The first kappa shape index (κ1) is 14.5. The van der Waals surface area contributed by atoms with Gasteiger partial charge in [-0.1, -0.05) is 26.0 Å². The number of hydrogen-bond donors (Lipinski definition) is 1. The van der Waals surface area contributed by atoms with E-state index in [4.69, 9.17) is 5.73 Å². The van der Waals surface area contributed by atoms with Gasteiger partial charge in [0.1, 0.15) is 0 Å². The Morgan fingerprint density at radius 2 is 2.05 bits per heavy atom. The molecular formula is C14H22N6. The number of nitrogens with two attached hydrogens (primary N) is 1. The van der Waals surface area contributed by atoms with Gasteiger partial charge in [-0.2, -0.15) is 0 Å². The van der Waals surface area contributed by atoms with Crippen molar-refractivity contribution in [2.24, 2.45) is 0 Å². The molecule has 2 N–H and O–H groups in total. The Balaban J connectivity index is 2.02. The second-order valence-electron chi connectivity index (χ2n) is 4.73. The van der Waals surface area contributed by atoms with Gasteiger partial charge >= 0.3 is 0 Å². The first-order chi connectivity index (χ1) is 9.74. The second kappa shape index (κ2) is 7.00. The molecule has 0 atom stereocenters. The fourth-order valence-electron chi connectivity index (χ4n) is 2.22. The van der Waals surface area contributed by atoms with Crippen LogP contribution in [0.3, 0.4) is 0 Å². The summed E-state index contributed by atoms with van der Waals surface area (Å²) >= 11 is 0. The lowest BCUT2D eigenvalue weighted by Gasteiger charge is -2.17. The third-order valence-electron chi connectivity index (χ3n) is 3.42. The van der Waals surface area contributed by atoms with Crippen molar-refractivity contribution in [1.29, 1.82) is 0 Å². The fourth-order valence-corrected chi connectivity index (χ4v) is 2.22. The van der Waals surface area contributed by atoms with Crippen LogP contribution >= 0.6 is 0 Å². The molecule has 0 amide bonds. The van der Waals surface area contributed by atoms with Crippen molar-refractivity contribution in [3.63, 3.8) is 0 Å². The summed E-state index contributed by atoms with van der Waals surface area (Å²) in [4.78, 5) is 2.39. The molecule has 0 bridgehead atoms. The highest BCUT2D eigenvalue weighted by Crippen LogP contribution is 2.18. The Labute approximate surface area is 119 Å². The van der Waals surface area contributed by atoms with Crippen LogP contribution in [0.15, 0.2) is 24.3 Å². The molecule has 1 heterocycles. The second-order valence-corrected chi connectivity index (χ2v) is 4.73. The number of nitrogens with zero attached hydrogens (tertiary/aromatic N) is 5. The van der Waals surface area contributed by atoms with Gasteiger partial charge < -0.3 is 10.6 Å². The molecule has 20 heavy (non-hydrogen) atoms. The quantitative estimate of drug-likeness (QED) is 0.777. The Morgan fingerprint density at radius 3 is 2.75 bits per heavy atom. The normalized spacial score (nSPS) is 11.2. The summed E-state index contributed by atoms with van der Waals surface area (Å²) in [6, 6.07) is 7.65. The van der Waals surface area contributed by atoms with E-state index >= 15 is 0 Å². The molecule has 0 spiro atoms. The molecule has 1 aromatic carbocycles. The van der Waals surface area contributed by atoms with E-state index in [9.17, 15) is 0 Å². The molecule has 0 saturated heterocycles. The zero-order valence-corrected chi connectivity index (χ0v) is 12.2. The molecule has 0 aliphatic rings. The topological polar surface area (TPSA) is 72.9 Å². The van der Waals surface area contributed by atoms with Crippen LogP contribution in [-0.2, 0) is 6.54 Å². The molecule has 0 unspecified atom stereocenters. The van der Waals surface area contributed by atoms with Crippen molar-refractivity contribution in [2.75, 3.05) is 25.4 Å². The zero-order chi connectivity index (χ0) is 14.4. The minimum atomic E-state index is 0.722. The van der Waals surface area contributed by atoms with Crippen LogP contribution in [0.5, 0.6) is 0 Å². The van der Waals surface area contributed by atoms with E-state index in [0.29, 0.717) is 0 Å². The molecule has 1 aromatic heterocycles. The van der Waals surface area contributed by atoms with E-state index in [-0.39, 0.29) is 0 Å². The van der Waals surface area contributed by atoms with Crippen LogP contribution in [0.25, 0.3) is 11.4 Å². The molecule has 2 aromatic rings. The van der Waals surface area contributed by atoms with E-state index in [2.05, 4.69) is 34.3 Å². The molecule has 0 aliphatic heterocycles. The Kier molecular flexibility index (Phi) is 5.06. The Morgan fingerprint density at radius 1 is 1.25 bits per heavy atom. The first-order valence-corrected chi connectivity index (χ1v) is 7.09. The number of rotatable bonds is 7. The van der Waals surface area contributed by atoms with Crippen LogP contribution in [-0.4, -0.2) is 44.7 Å². The number of tetrazole rings is 1. The van der Waals surface area contributed by atoms with E-state index in [1.807, 2.05) is 28.9 Å². The summed E-state index contributed by atoms with van der Waals surface area (Å²) in [5.74, 6) is 0.775. The Hall–Kier alpha value is -1.95. The third kappa shape index (κ3) is 3.54. The van der Waals surface area contributed by atoms with Crippen molar-refractivity contribution in [3.05, 3.63) is 24.3 Å². The number of aryl methyl sites for hydroxylation is 1. The molecule has 6 heteroatoms. The highest BCUT2D eigenvalue weighted by Gasteiger charge is 2.09. The number of nitrogen functional groups attached to an aromatic ring is 1. The molecular weight excluding hydrogens is 252 g/mol. The third-order valence-corrected chi connectivity index (χ3v) is 3.42. The van der Waals surface area contributed by atoms with Crippen molar-refractivity contribution >= 4 is 5.69 Å². The van der Waals surface area contributed by atoms with E-state index in [0.717, 1.165) is 49.7 Å². The van der Waals surface area contributed by atoms with Gasteiger partial charge in [0, 0.05) is 17.8 Å². The highest BCUT2D eigenvalue weighted by atomic mass is 15.5. The average Bonchev–Trinajstić information content (AvgIpc) is 2.92. The van der Waals surface area contributed by atoms with Crippen molar-refractivity contribution in [3.8, 4) is 11.4 Å². The first-order valence-electron chi connectivity index (χ1n) is 7.09. The molecule has 0 aliphatic carbocycles. The van der Waals surface area contributed by atoms with Crippen molar-refractivity contribution in [1.82, 2.24) is 25.1 Å². The van der Waals surface area contributed by atoms with Gasteiger partial charge in [-0.3, -0.25) is 0 Å². The largest absolute Gasteiger partial charge is 0.399 e. The van der Waals surface area contributed by atoms with Crippen LogP contribution in [0.2, 0.25) is 0 Å². The standard InChI is InChI=1S/C14H22N6/c1-3-19(4-2)9-6-10-20-14(16-17-18-20)12-7-5-8-13(15)11-12/h5,7-8,11H,3-4,6,9-10,15H2,1-2H3. The predicted octanol–water partition coefficient (Wildman–Crippen LogP) is 1.65. The minimum absolute atomic E-state index is 0.722. The van der Waals surface area contributed by atoms with Crippen LogP contribution in [0, 0.1) is 0 Å². The SMILES string of the molecule is CCN(CC)CCCn1nnnc1-c1cccc(N)c1. The number of anilines is 1. The van der Waals surface area contributed by atoms with Gasteiger partial charge in [0.25, 0.3) is 0 Å². The summed E-state index contributed by atoms with van der Waals surface area (Å²) in [6.45, 7) is 8.39. The number of hydrogen-bond acceptors (Lipinski definition) is 5. The number of aromatic nitrogens is 4. The summed E-state index contributed by atoms with van der Waals surface area (Å²) in [5, 5.41) is 11.9. The van der Waals surface area contributed by atoms with E-state index < -0.39 is 0 Å². The van der Waals surface area contributed by atoms with Crippen molar-refractivity contribution in [2.45, 2.75) is 26.8 Å². The summed E-state index contributed by atoms with van der Waals surface area (Å²) in [7, 11) is 0. The molecule has 2 rings (SSSR count). The minimum Gasteiger partial charge on any atom is -0.399 e. The smallest absolute Gasteiger partial charge is 0.182 e. The Bertz CT molecular complexity index is 532. The van der Waals surface area contributed by atoms with Crippen LogP contribution in [0.1, 0.15) is 20.3 Å². The van der Waals surface area contributed by atoms with Gasteiger partial charge in [-0.15, -0.1) is 5.10 Å². The van der Waals surface area contributed by atoms with Gasteiger partial charge in [0.05, 0.1) is 0 Å². The lowest BCUT2D eigenvalue weighted by molar-refractivity contribution is 0.291. The van der Waals surface area contributed by atoms with E-state index in [1.165, 1.54) is 0 Å². The maximum Gasteiger partial charge on any atom is 0.182 e. The van der Waals surface area contributed by atoms with Gasteiger partial charge in [0.15, 0.2) is 5.82 Å². The summed E-state index contributed by atoms with van der Waals surface area (Å²) in [6.07, 6.45) is 1.03. The summed E-state index contributed by atoms with van der Waals surface area (Å²) < 4.78 is 1.85. The van der Waals surface area contributed by atoms with Gasteiger partial charge in [-0.05, 0) is 48.6 Å². The lowest BCUT2D eigenvalue weighted by Crippen LogP contribution is -2.25. The highest BCUT2D eigenvalue weighted by molar-refractivity contribution is 5.60. The molecule has 0 fully saturated rings. The van der Waals surface area contributed by atoms with E-state index in [1.54, 1.807) is 0 Å². The van der Waals surface area contributed by atoms with Gasteiger partial charge in [0.2, 0.25) is 0 Å². The molecule has 0 saturated carbocycles. The van der Waals surface area contributed by atoms with Crippen LogP contribution < -0.4 is 5.73 Å². The summed E-state index contributed by atoms with van der Waals surface area (Å²) in [5.41, 5.74) is 7.48. The molecule has 6 nitrogen and oxygen atoms in total. The fraction of sp³-hybridized carbons (Fsp3) is 0.500.